The standard InChI is InChI=1S/C20H25N3O3S/c1-22(13-15-6-7-17-18(11-15)26-14-25-17)20(24)21-12-16(19-5-4-10-27-19)23-8-2-3-9-23/h4-7,10-11,16H,2-3,8-9,12-14H2,1H3,(H,21,24). The molecule has 0 spiro atoms. The van der Waals surface area contributed by atoms with Gasteiger partial charge >= 0.3 is 6.03 Å². The van der Waals surface area contributed by atoms with Gasteiger partial charge in [0.05, 0.1) is 6.04 Å². The van der Waals surface area contributed by atoms with E-state index in [1.807, 2.05) is 25.2 Å². The molecule has 2 amide bonds. The van der Waals surface area contributed by atoms with Gasteiger partial charge in [0.15, 0.2) is 11.5 Å². The van der Waals surface area contributed by atoms with Gasteiger partial charge in [0, 0.05) is 25.0 Å². The Labute approximate surface area is 163 Å². The van der Waals surface area contributed by atoms with Crippen molar-refractivity contribution in [2.24, 2.45) is 0 Å². The molecule has 1 aromatic heterocycles. The predicted molar refractivity (Wildman–Crippen MR) is 105 cm³/mol. The first-order chi connectivity index (χ1) is 13.2. The number of rotatable bonds is 6. The average molecular weight is 388 g/mol. The van der Waals surface area contributed by atoms with E-state index in [9.17, 15) is 4.79 Å². The van der Waals surface area contributed by atoms with Crippen LogP contribution in [0.15, 0.2) is 35.7 Å². The van der Waals surface area contributed by atoms with Crippen molar-refractivity contribution >= 4 is 17.4 Å². The summed E-state index contributed by atoms with van der Waals surface area (Å²) in [5.41, 5.74) is 1.02. The third kappa shape index (κ3) is 4.20. The zero-order chi connectivity index (χ0) is 18.6. The molecule has 4 rings (SSSR count). The molecule has 0 aliphatic carbocycles. The van der Waals surface area contributed by atoms with Crippen molar-refractivity contribution in [2.45, 2.75) is 25.4 Å². The molecule has 1 N–H and O–H groups in total. The SMILES string of the molecule is CN(Cc1ccc2c(c1)OCO2)C(=O)NCC(c1cccs1)N1CCCC1. The van der Waals surface area contributed by atoms with E-state index in [0.29, 0.717) is 13.1 Å². The third-order valence-corrected chi connectivity index (χ3v) is 6.08. The molecule has 1 saturated heterocycles. The Bertz CT molecular complexity index is 775. The minimum atomic E-state index is -0.0616. The van der Waals surface area contributed by atoms with E-state index < -0.39 is 0 Å². The van der Waals surface area contributed by atoms with Gasteiger partial charge in [-0.15, -0.1) is 11.3 Å². The molecular formula is C20H25N3O3S. The van der Waals surface area contributed by atoms with Gasteiger partial charge < -0.3 is 19.7 Å². The average Bonchev–Trinajstić information content (AvgIpc) is 3.43. The van der Waals surface area contributed by atoms with Crippen LogP contribution in [0.3, 0.4) is 0 Å². The van der Waals surface area contributed by atoms with E-state index >= 15 is 0 Å². The van der Waals surface area contributed by atoms with E-state index in [4.69, 9.17) is 9.47 Å². The van der Waals surface area contributed by atoms with E-state index in [1.54, 1.807) is 16.2 Å². The minimum Gasteiger partial charge on any atom is -0.454 e. The van der Waals surface area contributed by atoms with Crippen LogP contribution in [-0.4, -0.2) is 49.3 Å². The van der Waals surface area contributed by atoms with Gasteiger partial charge in [-0.05, 0) is 55.1 Å². The summed E-state index contributed by atoms with van der Waals surface area (Å²) in [7, 11) is 1.82. The second kappa shape index (κ2) is 8.19. The number of hydrogen-bond acceptors (Lipinski definition) is 5. The zero-order valence-corrected chi connectivity index (χ0v) is 16.3. The lowest BCUT2D eigenvalue weighted by atomic mass is 10.2. The Kier molecular flexibility index (Phi) is 5.50. The number of carbonyl (C=O) groups excluding carboxylic acids is 1. The first-order valence-corrected chi connectivity index (χ1v) is 10.2. The topological polar surface area (TPSA) is 54.0 Å². The molecule has 2 aliphatic rings. The Hall–Kier alpha value is -2.25. The van der Waals surface area contributed by atoms with Gasteiger partial charge in [-0.1, -0.05) is 12.1 Å². The summed E-state index contributed by atoms with van der Waals surface area (Å²) in [5, 5.41) is 5.22. The van der Waals surface area contributed by atoms with E-state index in [1.165, 1.54) is 17.7 Å². The van der Waals surface area contributed by atoms with Crippen LogP contribution in [0.4, 0.5) is 4.79 Å². The van der Waals surface area contributed by atoms with E-state index in [0.717, 1.165) is 30.2 Å². The summed E-state index contributed by atoms with van der Waals surface area (Å²) in [6.45, 7) is 3.62. The third-order valence-electron chi connectivity index (χ3n) is 5.10. The lowest BCUT2D eigenvalue weighted by molar-refractivity contribution is 0.174. The van der Waals surface area contributed by atoms with Gasteiger partial charge in [-0.25, -0.2) is 4.79 Å². The van der Waals surface area contributed by atoms with Crippen LogP contribution >= 0.6 is 11.3 Å². The van der Waals surface area contributed by atoms with Gasteiger partial charge in [0.1, 0.15) is 0 Å². The van der Waals surface area contributed by atoms with Crippen LogP contribution < -0.4 is 14.8 Å². The summed E-state index contributed by atoms with van der Waals surface area (Å²) in [6.07, 6.45) is 2.47. The maximum absolute atomic E-state index is 12.6. The number of nitrogens with zero attached hydrogens (tertiary/aromatic N) is 2. The van der Waals surface area contributed by atoms with Crippen molar-refractivity contribution in [3.8, 4) is 11.5 Å². The molecule has 0 bridgehead atoms. The van der Waals surface area contributed by atoms with Crippen LogP contribution in [0.5, 0.6) is 11.5 Å². The Morgan fingerprint density at radius 1 is 1.26 bits per heavy atom. The van der Waals surface area contributed by atoms with Crippen molar-refractivity contribution in [3.05, 3.63) is 46.2 Å². The van der Waals surface area contributed by atoms with E-state index in [2.05, 4.69) is 27.7 Å². The number of amides is 2. The van der Waals surface area contributed by atoms with Crippen molar-refractivity contribution < 1.29 is 14.3 Å². The van der Waals surface area contributed by atoms with Crippen LogP contribution in [0.1, 0.15) is 29.3 Å². The van der Waals surface area contributed by atoms with Crippen molar-refractivity contribution in [1.82, 2.24) is 15.1 Å². The van der Waals surface area contributed by atoms with Gasteiger partial charge in [-0.2, -0.15) is 0 Å². The highest BCUT2D eigenvalue weighted by atomic mass is 32.1. The zero-order valence-electron chi connectivity index (χ0n) is 15.5. The number of hydrogen-bond donors (Lipinski definition) is 1. The molecule has 1 fully saturated rings. The predicted octanol–water partition coefficient (Wildman–Crippen LogP) is 3.46. The molecule has 27 heavy (non-hydrogen) atoms. The molecule has 0 radical (unpaired) electrons. The largest absolute Gasteiger partial charge is 0.454 e. The number of likely N-dealkylation sites (tertiary alicyclic amines) is 1. The molecule has 3 heterocycles. The number of ether oxygens (including phenoxy) is 2. The second-order valence-corrected chi connectivity index (χ2v) is 7.98. The molecule has 2 aromatic rings. The fourth-order valence-corrected chi connectivity index (χ4v) is 4.51. The molecule has 1 aromatic carbocycles. The minimum absolute atomic E-state index is 0.0616. The van der Waals surface area contributed by atoms with Crippen LogP contribution in [0.25, 0.3) is 0 Å². The van der Waals surface area contributed by atoms with Crippen molar-refractivity contribution in [3.63, 3.8) is 0 Å². The first kappa shape index (κ1) is 18.1. The van der Waals surface area contributed by atoms with E-state index in [-0.39, 0.29) is 18.9 Å². The number of urea groups is 1. The van der Waals surface area contributed by atoms with Crippen molar-refractivity contribution in [2.75, 3.05) is 33.5 Å². The number of carbonyl (C=O) groups is 1. The molecule has 2 aliphatic heterocycles. The molecular weight excluding hydrogens is 362 g/mol. The van der Waals surface area contributed by atoms with Crippen molar-refractivity contribution in [1.29, 1.82) is 0 Å². The number of benzene rings is 1. The van der Waals surface area contributed by atoms with Crippen LogP contribution in [0.2, 0.25) is 0 Å². The summed E-state index contributed by atoms with van der Waals surface area (Å²) < 4.78 is 10.7. The van der Waals surface area contributed by atoms with Gasteiger partial charge in [-0.3, -0.25) is 4.90 Å². The molecule has 144 valence electrons. The number of nitrogens with one attached hydrogen (secondary N) is 1. The lowest BCUT2D eigenvalue weighted by Gasteiger charge is -2.28. The molecule has 1 atom stereocenters. The summed E-state index contributed by atoms with van der Waals surface area (Å²) in [4.78, 5) is 18.1. The summed E-state index contributed by atoms with van der Waals surface area (Å²) in [5.74, 6) is 1.50. The smallest absolute Gasteiger partial charge is 0.317 e. The monoisotopic (exact) mass is 387 g/mol. The van der Waals surface area contributed by atoms with Gasteiger partial charge in [0.25, 0.3) is 0 Å². The lowest BCUT2D eigenvalue weighted by Crippen LogP contribution is -2.42. The summed E-state index contributed by atoms with van der Waals surface area (Å²) >= 11 is 1.76. The van der Waals surface area contributed by atoms with Crippen LogP contribution in [-0.2, 0) is 6.54 Å². The number of fused-ring (bicyclic) bond motifs is 1. The second-order valence-electron chi connectivity index (χ2n) is 7.00. The highest BCUT2D eigenvalue weighted by Crippen LogP contribution is 2.33. The quantitative estimate of drug-likeness (QED) is 0.825. The first-order valence-electron chi connectivity index (χ1n) is 9.35. The van der Waals surface area contributed by atoms with Crippen LogP contribution in [0, 0.1) is 0 Å². The maximum Gasteiger partial charge on any atom is 0.317 e. The van der Waals surface area contributed by atoms with Gasteiger partial charge in [0.2, 0.25) is 6.79 Å². The highest BCUT2D eigenvalue weighted by molar-refractivity contribution is 7.10. The normalized spacial score (nSPS) is 17.1. The maximum atomic E-state index is 12.6. The fourth-order valence-electron chi connectivity index (χ4n) is 3.65. The molecule has 7 heteroatoms. The molecule has 1 unspecified atom stereocenters. The Morgan fingerprint density at radius 3 is 2.85 bits per heavy atom. The Balaban J connectivity index is 1.34. The molecule has 0 saturated carbocycles. The summed E-state index contributed by atoms with van der Waals surface area (Å²) in [6, 6.07) is 10.2. The Morgan fingerprint density at radius 2 is 2.07 bits per heavy atom. The fraction of sp³-hybridized carbons (Fsp3) is 0.450. The molecule has 6 nitrogen and oxygen atoms in total. The number of thiophene rings is 1. The highest BCUT2D eigenvalue weighted by Gasteiger charge is 2.25.